The molecule has 21 heavy (non-hydrogen) atoms. The largest absolute Gasteiger partial charge is 0.359 e. The van der Waals surface area contributed by atoms with E-state index >= 15 is 0 Å². The fourth-order valence-corrected chi connectivity index (χ4v) is 2.15. The van der Waals surface area contributed by atoms with E-state index in [0.717, 1.165) is 6.42 Å². The SMILES string of the molecule is CCc1ccc(C(=O)C=CNc2ccc(Br)cc2F)cc1. The van der Waals surface area contributed by atoms with Crippen LogP contribution >= 0.6 is 15.9 Å². The molecule has 0 aliphatic carbocycles. The van der Waals surface area contributed by atoms with Crippen molar-refractivity contribution in [1.82, 2.24) is 0 Å². The van der Waals surface area contributed by atoms with Crippen LogP contribution in [-0.4, -0.2) is 5.78 Å². The molecule has 2 rings (SSSR count). The molecule has 0 bridgehead atoms. The van der Waals surface area contributed by atoms with Gasteiger partial charge in [0, 0.05) is 22.3 Å². The van der Waals surface area contributed by atoms with Crippen LogP contribution in [0, 0.1) is 5.82 Å². The number of rotatable bonds is 5. The van der Waals surface area contributed by atoms with Gasteiger partial charge in [0.05, 0.1) is 5.69 Å². The smallest absolute Gasteiger partial charge is 0.187 e. The summed E-state index contributed by atoms with van der Waals surface area (Å²) in [5, 5.41) is 2.77. The van der Waals surface area contributed by atoms with Crippen molar-refractivity contribution in [3.05, 3.63) is 76.2 Å². The highest BCUT2D eigenvalue weighted by Crippen LogP contribution is 2.19. The highest BCUT2D eigenvalue weighted by Gasteiger charge is 2.02. The normalized spacial score (nSPS) is 10.8. The molecule has 0 saturated carbocycles. The lowest BCUT2D eigenvalue weighted by molar-refractivity contribution is 0.104. The molecule has 1 N–H and O–H groups in total. The van der Waals surface area contributed by atoms with Crippen LogP contribution in [0.1, 0.15) is 22.8 Å². The number of hydrogen-bond donors (Lipinski definition) is 1. The quantitative estimate of drug-likeness (QED) is 0.611. The van der Waals surface area contributed by atoms with E-state index in [1.54, 1.807) is 24.3 Å². The molecule has 0 radical (unpaired) electrons. The maximum Gasteiger partial charge on any atom is 0.187 e. The lowest BCUT2D eigenvalue weighted by atomic mass is 10.1. The lowest BCUT2D eigenvalue weighted by Crippen LogP contribution is -1.97. The summed E-state index contributed by atoms with van der Waals surface area (Å²) in [6, 6.07) is 12.2. The number of nitrogens with one attached hydrogen (secondary N) is 1. The molecular weight excluding hydrogens is 333 g/mol. The second kappa shape index (κ2) is 7.18. The van der Waals surface area contributed by atoms with Crippen LogP contribution in [0.15, 0.2) is 59.2 Å². The van der Waals surface area contributed by atoms with E-state index in [9.17, 15) is 9.18 Å². The Morgan fingerprint density at radius 3 is 2.57 bits per heavy atom. The summed E-state index contributed by atoms with van der Waals surface area (Å²) >= 11 is 3.19. The van der Waals surface area contributed by atoms with Gasteiger partial charge in [0.25, 0.3) is 0 Å². The van der Waals surface area contributed by atoms with Crippen molar-refractivity contribution in [3.8, 4) is 0 Å². The van der Waals surface area contributed by atoms with Crippen LogP contribution in [-0.2, 0) is 6.42 Å². The molecule has 2 aromatic carbocycles. The van der Waals surface area contributed by atoms with Crippen molar-refractivity contribution in [2.24, 2.45) is 0 Å². The van der Waals surface area contributed by atoms with Gasteiger partial charge < -0.3 is 5.32 Å². The Bertz CT molecular complexity index is 665. The zero-order valence-electron chi connectivity index (χ0n) is 11.6. The van der Waals surface area contributed by atoms with Gasteiger partial charge in [-0.25, -0.2) is 4.39 Å². The summed E-state index contributed by atoms with van der Waals surface area (Å²) in [7, 11) is 0. The van der Waals surface area contributed by atoms with Crippen molar-refractivity contribution in [2.75, 3.05) is 5.32 Å². The van der Waals surface area contributed by atoms with Crippen molar-refractivity contribution in [3.63, 3.8) is 0 Å². The third-order valence-electron chi connectivity index (χ3n) is 3.05. The number of halogens is 2. The van der Waals surface area contributed by atoms with Crippen molar-refractivity contribution < 1.29 is 9.18 Å². The third kappa shape index (κ3) is 4.26. The first-order valence-electron chi connectivity index (χ1n) is 6.61. The highest BCUT2D eigenvalue weighted by atomic mass is 79.9. The minimum atomic E-state index is -0.381. The van der Waals surface area contributed by atoms with Gasteiger partial charge in [0.15, 0.2) is 5.78 Å². The monoisotopic (exact) mass is 347 g/mol. The van der Waals surface area contributed by atoms with Crippen LogP contribution in [0.5, 0.6) is 0 Å². The van der Waals surface area contributed by atoms with Crippen molar-refractivity contribution in [1.29, 1.82) is 0 Å². The molecule has 0 heterocycles. The number of allylic oxidation sites excluding steroid dienone is 1. The predicted octanol–water partition coefficient (Wildman–Crippen LogP) is 4.96. The molecule has 0 aromatic heterocycles. The van der Waals surface area contributed by atoms with Gasteiger partial charge in [-0.05, 0) is 30.2 Å². The zero-order chi connectivity index (χ0) is 15.2. The third-order valence-corrected chi connectivity index (χ3v) is 3.54. The molecule has 4 heteroatoms. The van der Waals surface area contributed by atoms with Gasteiger partial charge in [0.1, 0.15) is 5.82 Å². The summed E-state index contributed by atoms with van der Waals surface area (Å²) < 4.78 is 14.2. The Labute approximate surface area is 131 Å². The lowest BCUT2D eigenvalue weighted by Gasteiger charge is -2.03. The van der Waals surface area contributed by atoms with E-state index in [1.807, 2.05) is 12.1 Å². The molecule has 0 fully saturated rings. The van der Waals surface area contributed by atoms with E-state index in [1.165, 1.54) is 23.9 Å². The Kier molecular flexibility index (Phi) is 5.28. The van der Waals surface area contributed by atoms with E-state index in [2.05, 4.69) is 28.2 Å². The van der Waals surface area contributed by atoms with Gasteiger partial charge in [0.2, 0.25) is 0 Å². The molecule has 0 aliphatic rings. The van der Waals surface area contributed by atoms with Crippen LogP contribution in [0.25, 0.3) is 0 Å². The minimum absolute atomic E-state index is 0.123. The Balaban J connectivity index is 2.01. The molecule has 0 unspecified atom stereocenters. The minimum Gasteiger partial charge on any atom is -0.359 e. The summed E-state index contributed by atoms with van der Waals surface area (Å²) in [5.74, 6) is -0.503. The molecule has 0 atom stereocenters. The van der Waals surface area contributed by atoms with Gasteiger partial charge in [-0.3, -0.25) is 4.79 Å². The topological polar surface area (TPSA) is 29.1 Å². The van der Waals surface area contributed by atoms with Gasteiger partial charge >= 0.3 is 0 Å². The van der Waals surface area contributed by atoms with Crippen LogP contribution in [0.3, 0.4) is 0 Å². The highest BCUT2D eigenvalue weighted by molar-refractivity contribution is 9.10. The number of benzene rings is 2. The molecule has 0 saturated heterocycles. The molecule has 0 amide bonds. The molecule has 2 nitrogen and oxygen atoms in total. The van der Waals surface area contributed by atoms with Gasteiger partial charge in [-0.1, -0.05) is 47.1 Å². The first-order chi connectivity index (χ1) is 10.1. The fraction of sp³-hybridized carbons (Fsp3) is 0.118. The van der Waals surface area contributed by atoms with Crippen molar-refractivity contribution in [2.45, 2.75) is 13.3 Å². The van der Waals surface area contributed by atoms with Gasteiger partial charge in [-0.2, -0.15) is 0 Å². The summed E-state index contributed by atoms with van der Waals surface area (Å²) in [6.45, 7) is 2.06. The molecule has 0 spiro atoms. The van der Waals surface area contributed by atoms with Crippen LogP contribution < -0.4 is 5.32 Å². The molecular formula is C17H15BrFNO. The van der Waals surface area contributed by atoms with Crippen LogP contribution in [0.2, 0.25) is 0 Å². The van der Waals surface area contributed by atoms with E-state index in [4.69, 9.17) is 0 Å². The standard InChI is InChI=1S/C17H15BrFNO/c1-2-12-3-5-13(6-4-12)17(21)9-10-20-16-8-7-14(18)11-15(16)19/h3-11,20H,2H2,1H3. The first kappa shape index (κ1) is 15.4. The maximum atomic E-state index is 13.6. The average molecular weight is 348 g/mol. The first-order valence-corrected chi connectivity index (χ1v) is 7.41. The summed E-state index contributed by atoms with van der Waals surface area (Å²) in [4.78, 5) is 11.9. The second-order valence-electron chi connectivity index (χ2n) is 4.52. The summed E-state index contributed by atoms with van der Waals surface area (Å²) in [6.07, 6.45) is 3.78. The predicted molar refractivity (Wildman–Crippen MR) is 87.0 cm³/mol. The molecule has 0 aliphatic heterocycles. The number of aryl methyl sites for hydroxylation is 1. The van der Waals surface area contributed by atoms with E-state index in [0.29, 0.717) is 15.7 Å². The Morgan fingerprint density at radius 2 is 1.95 bits per heavy atom. The Morgan fingerprint density at radius 1 is 1.24 bits per heavy atom. The van der Waals surface area contributed by atoms with Crippen LogP contribution in [0.4, 0.5) is 10.1 Å². The van der Waals surface area contributed by atoms with Crippen molar-refractivity contribution >= 4 is 27.4 Å². The molecule has 2 aromatic rings. The van der Waals surface area contributed by atoms with E-state index < -0.39 is 0 Å². The van der Waals surface area contributed by atoms with E-state index in [-0.39, 0.29) is 11.6 Å². The fourth-order valence-electron chi connectivity index (χ4n) is 1.81. The molecule has 108 valence electrons. The number of hydrogen-bond acceptors (Lipinski definition) is 2. The summed E-state index contributed by atoms with van der Waals surface area (Å²) in [5.41, 5.74) is 2.12. The number of carbonyl (C=O) groups excluding carboxylic acids is 1. The second-order valence-corrected chi connectivity index (χ2v) is 5.43. The average Bonchev–Trinajstić information content (AvgIpc) is 2.49. The Hall–Kier alpha value is -1.94. The zero-order valence-corrected chi connectivity index (χ0v) is 13.2. The number of ketones is 1. The maximum absolute atomic E-state index is 13.6. The number of carbonyl (C=O) groups is 1. The number of anilines is 1. The van der Waals surface area contributed by atoms with Gasteiger partial charge in [-0.15, -0.1) is 0 Å².